The maximum atomic E-state index is 12.3. The molecule has 0 atom stereocenters. The van der Waals surface area contributed by atoms with E-state index >= 15 is 0 Å². The van der Waals surface area contributed by atoms with Crippen molar-refractivity contribution < 1.29 is 13.2 Å². The summed E-state index contributed by atoms with van der Waals surface area (Å²) in [6.07, 6.45) is 2.16. The quantitative estimate of drug-likeness (QED) is 0.687. The van der Waals surface area contributed by atoms with Crippen LogP contribution in [0.1, 0.15) is 22.8 Å². The van der Waals surface area contributed by atoms with Crippen LogP contribution in [0.3, 0.4) is 0 Å². The molecule has 1 aliphatic heterocycles. The molecule has 2 aromatic rings. The number of carbonyl (C=O) groups is 1. The number of thiocarbonyl (C=S) groups is 1. The number of nitrogens with zero attached hydrogens (tertiary/aromatic N) is 2. The molecule has 160 valence electrons. The summed E-state index contributed by atoms with van der Waals surface area (Å²) in [6.45, 7) is 4.31. The van der Waals surface area contributed by atoms with Crippen LogP contribution in [-0.4, -0.2) is 56.2 Å². The first-order chi connectivity index (χ1) is 14.3. The average Bonchev–Trinajstić information content (AvgIpc) is 2.73. The molecule has 0 spiro atoms. The van der Waals surface area contributed by atoms with Gasteiger partial charge in [0.2, 0.25) is 10.0 Å². The van der Waals surface area contributed by atoms with Gasteiger partial charge in [-0.2, -0.15) is 4.31 Å². The van der Waals surface area contributed by atoms with Gasteiger partial charge in [-0.1, -0.05) is 19.1 Å². The van der Waals surface area contributed by atoms with Gasteiger partial charge in [-0.05, 0) is 60.6 Å². The number of nitrogens with one attached hydrogen (secondary N) is 2. The molecule has 1 aliphatic rings. The smallest absolute Gasteiger partial charge is 0.257 e. The van der Waals surface area contributed by atoms with E-state index in [9.17, 15) is 13.2 Å². The first-order valence-corrected chi connectivity index (χ1v) is 12.0. The highest BCUT2D eigenvalue weighted by molar-refractivity contribution is 7.88. The molecule has 0 aromatic heterocycles. The minimum Gasteiger partial charge on any atom is -0.369 e. The summed E-state index contributed by atoms with van der Waals surface area (Å²) in [5.74, 6) is -0.254. The number of amides is 1. The molecule has 9 heteroatoms. The Morgan fingerprint density at radius 1 is 1.00 bits per heavy atom. The second-order valence-electron chi connectivity index (χ2n) is 7.15. The average molecular weight is 447 g/mol. The van der Waals surface area contributed by atoms with Gasteiger partial charge in [-0.15, -0.1) is 0 Å². The predicted octanol–water partition coefficient (Wildman–Crippen LogP) is 2.46. The molecule has 0 bridgehead atoms. The van der Waals surface area contributed by atoms with Gasteiger partial charge >= 0.3 is 0 Å². The minimum atomic E-state index is -3.14. The molecule has 1 saturated heterocycles. The first-order valence-electron chi connectivity index (χ1n) is 9.77. The SMILES string of the molecule is CCc1ccc(C(=O)NC(=S)Nc2ccc(N3CCN(S(C)(=O)=O)CC3)cc2)cc1. The Hall–Kier alpha value is -2.49. The molecule has 3 rings (SSSR count). The lowest BCUT2D eigenvalue weighted by atomic mass is 10.1. The number of piperazine rings is 1. The Kier molecular flexibility index (Phi) is 7.06. The lowest BCUT2D eigenvalue weighted by Gasteiger charge is -2.34. The fraction of sp³-hybridized carbons (Fsp3) is 0.333. The number of hydrogen-bond donors (Lipinski definition) is 2. The van der Waals surface area contributed by atoms with Gasteiger partial charge in [0.25, 0.3) is 5.91 Å². The van der Waals surface area contributed by atoms with E-state index in [1.807, 2.05) is 36.4 Å². The van der Waals surface area contributed by atoms with Crippen molar-refractivity contribution in [1.29, 1.82) is 0 Å². The summed E-state index contributed by atoms with van der Waals surface area (Å²) in [7, 11) is -3.14. The molecule has 0 saturated carbocycles. The normalized spacial score (nSPS) is 14.9. The third-order valence-corrected chi connectivity index (χ3v) is 6.56. The number of sulfonamides is 1. The largest absolute Gasteiger partial charge is 0.369 e. The van der Waals surface area contributed by atoms with Crippen molar-refractivity contribution in [3.63, 3.8) is 0 Å². The molecule has 2 N–H and O–H groups in total. The van der Waals surface area contributed by atoms with E-state index in [-0.39, 0.29) is 11.0 Å². The molecule has 1 fully saturated rings. The molecule has 2 aromatic carbocycles. The second kappa shape index (κ2) is 9.55. The predicted molar refractivity (Wildman–Crippen MR) is 125 cm³/mol. The number of carbonyl (C=O) groups excluding carboxylic acids is 1. The standard InChI is InChI=1S/C21H26N4O3S2/c1-3-16-4-6-17(7-5-16)20(26)23-21(29)22-18-8-10-19(11-9-18)24-12-14-25(15-13-24)30(2,27)28/h4-11H,3,12-15H2,1-2H3,(H2,22,23,26,29). The Bertz CT molecular complexity index is 998. The van der Waals surface area contributed by atoms with Gasteiger partial charge in [0.15, 0.2) is 5.11 Å². The minimum absolute atomic E-state index is 0.231. The molecular formula is C21H26N4O3S2. The zero-order valence-electron chi connectivity index (χ0n) is 17.1. The number of anilines is 2. The van der Waals surface area contributed by atoms with E-state index in [0.717, 1.165) is 17.8 Å². The Balaban J connectivity index is 1.52. The zero-order chi connectivity index (χ0) is 21.7. The van der Waals surface area contributed by atoms with Crippen LogP contribution < -0.4 is 15.5 Å². The van der Waals surface area contributed by atoms with Gasteiger partial charge in [-0.25, -0.2) is 8.42 Å². The molecule has 7 nitrogen and oxygen atoms in total. The van der Waals surface area contributed by atoms with E-state index in [1.165, 1.54) is 16.1 Å². The van der Waals surface area contributed by atoms with Crippen LogP contribution in [0.25, 0.3) is 0 Å². The van der Waals surface area contributed by atoms with Crippen LogP contribution >= 0.6 is 12.2 Å². The van der Waals surface area contributed by atoms with E-state index in [0.29, 0.717) is 31.7 Å². The van der Waals surface area contributed by atoms with Crippen LogP contribution in [0.4, 0.5) is 11.4 Å². The van der Waals surface area contributed by atoms with Crippen molar-refractivity contribution in [2.24, 2.45) is 0 Å². The van der Waals surface area contributed by atoms with Crippen molar-refractivity contribution in [2.45, 2.75) is 13.3 Å². The van der Waals surface area contributed by atoms with Gasteiger partial charge < -0.3 is 10.2 Å². The van der Waals surface area contributed by atoms with Gasteiger partial charge in [0.1, 0.15) is 0 Å². The monoisotopic (exact) mass is 446 g/mol. The third-order valence-electron chi connectivity index (χ3n) is 5.05. The Morgan fingerprint density at radius 3 is 2.13 bits per heavy atom. The molecule has 1 heterocycles. The molecular weight excluding hydrogens is 420 g/mol. The van der Waals surface area contributed by atoms with Crippen LogP contribution in [0.15, 0.2) is 48.5 Å². The summed E-state index contributed by atoms with van der Waals surface area (Å²) in [6, 6.07) is 15.1. The third kappa shape index (κ3) is 5.78. The van der Waals surface area contributed by atoms with Crippen molar-refractivity contribution in [3.8, 4) is 0 Å². The van der Waals surface area contributed by atoms with Gasteiger partial charge in [0.05, 0.1) is 6.26 Å². The Morgan fingerprint density at radius 2 is 1.60 bits per heavy atom. The summed E-state index contributed by atoms with van der Waals surface area (Å²) in [5.41, 5.74) is 3.50. The Labute approximate surface area is 183 Å². The maximum Gasteiger partial charge on any atom is 0.257 e. The highest BCUT2D eigenvalue weighted by Crippen LogP contribution is 2.20. The van der Waals surface area contributed by atoms with Crippen molar-refractivity contribution in [3.05, 3.63) is 59.7 Å². The van der Waals surface area contributed by atoms with Crippen molar-refractivity contribution >= 4 is 44.6 Å². The molecule has 0 aliphatic carbocycles. The highest BCUT2D eigenvalue weighted by atomic mass is 32.2. The number of benzene rings is 2. The summed E-state index contributed by atoms with van der Waals surface area (Å²) < 4.78 is 24.8. The number of hydrogen-bond acceptors (Lipinski definition) is 5. The second-order valence-corrected chi connectivity index (χ2v) is 9.55. The summed E-state index contributed by atoms with van der Waals surface area (Å²) in [5, 5.41) is 5.93. The molecule has 30 heavy (non-hydrogen) atoms. The summed E-state index contributed by atoms with van der Waals surface area (Å²) >= 11 is 5.25. The number of rotatable bonds is 5. The van der Waals surface area contributed by atoms with E-state index in [2.05, 4.69) is 22.5 Å². The van der Waals surface area contributed by atoms with E-state index in [1.54, 1.807) is 12.1 Å². The lowest BCUT2D eigenvalue weighted by molar-refractivity contribution is 0.0977. The lowest BCUT2D eigenvalue weighted by Crippen LogP contribution is -2.48. The van der Waals surface area contributed by atoms with Crippen molar-refractivity contribution in [2.75, 3.05) is 42.7 Å². The molecule has 1 amide bonds. The van der Waals surface area contributed by atoms with E-state index < -0.39 is 10.0 Å². The summed E-state index contributed by atoms with van der Waals surface area (Å²) in [4.78, 5) is 14.5. The molecule has 0 radical (unpaired) electrons. The highest BCUT2D eigenvalue weighted by Gasteiger charge is 2.23. The fourth-order valence-corrected chi connectivity index (χ4v) is 4.30. The van der Waals surface area contributed by atoms with Crippen LogP contribution in [0.2, 0.25) is 0 Å². The van der Waals surface area contributed by atoms with Crippen LogP contribution in [-0.2, 0) is 16.4 Å². The van der Waals surface area contributed by atoms with Crippen LogP contribution in [0.5, 0.6) is 0 Å². The topological polar surface area (TPSA) is 81.8 Å². The van der Waals surface area contributed by atoms with Crippen molar-refractivity contribution in [1.82, 2.24) is 9.62 Å². The fourth-order valence-electron chi connectivity index (χ4n) is 3.26. The maximum absolute atomic E-state index is 12.3. The first kappa shape index (κ1) is 22.2. The van der Waals surface area contributed by atoms with Gasteiger partial charge in [-0.3, -0.25) is 10.1 Å². The van der Waals surface area contributed by atoms with Gasteiger partial charge in [0, 0.05) is 43.1 Å². The zero-order valence-corrected chi connectivity index (χ0v) is 18.7. The van der Waals surface area contributed by atoms with E-state index in [4.69, 9.17) is 12.2 Å². The van der Waals surface area contributed by atoms with Crippen LogP contribution in [0, 0.1) is 0 Å². The number of aryl methyl sites for hydroxylation is 1. The molecule has 0 unspecified atom stereocenters.